The van der Waals surface area contributed by atoms with Crippen molar-refractivity contribution in [3.63, 3.8) is 0 Å². The summed E-state index contributed by atoms with van der Waals surface area (Å²) >= 11 is 0. The molecule has 2 heteroatoms. The van der Waals surface area contributed by atoms with Gasteiger partial charge in [-0.1, -0.05) is 29.8 Å². The first-order valence-corrected chi connectivity index (χ1v) is 6.72. The van der Waals surface area contributed by atoms with Crippen LogP contribution in [-0.4, -0.2) is 13.1 Å². The molecule has 0 heterocycles. The molecule has 1 unspecified atom stereocenters. The van der Waals surface area contributed by atoms with Crippen LogP contribution in [-0.2, 0) is 0 Å². The van der Waals surface area contributed by atoms with Crippen molar-refractivity contribution in [2.45, 2.75) is 40.2 Å². The summed E-state index contributed by atoms with van der Waals surface area (Å²) in [5, 5.41) is 3.55. The van der Waals surface area contributed by atoms with Gasteiger partial charge in [0, 0.05) is 12.6 Å². The molecule has 0 aromatic heterocycles. The molecule has 0 amide bonds. The first-order chi connectivity index (χ1) is 8.60. The van der Waals surface area contributed by atoms with Gasteiger partial charge in [-0.2, -0.15) is 0 Å². The van der Waals surface area contributed by atoms with E-state index >= 15 is 0 Å². The van der Waals surface area contributed by atoms with Gasteiger partial charge in [0.1, 0.15) is 0 Å². The predicted molar refractivity (Wildman–Crippen MR) is 79.9 cm³/mol. The topological polar surface area (TPSA) is 38.0 Å². The number of rotatable bonds is 6. The second kappa shape index (κ2) is 7.34. The molecule has 0 saturated heterocycles. The average Bonchev–Trinajstić information content (AvgIpc) is 2.31. The number of hydrogen-bond acceptors (Lipinski definition) is 2. The molecule has 3 N–H and O–H groups in total. The number of aryl methyl sites for hydroxylation is 3. The number of allylic oxidation sites excluding steroid dienone is 1. The predicted octanol–water partition coefficient (Wildman–Crippen LogP) is 3.17. The summed E-state index contributed by atoms with van der Waals surface area (Å²) in [6.07, 6.45) is 5.31. The lowest BCUT2D eigenvalue weighted by Crippen LogP contribution is -2.30. The van der Waals surface area contributed by atoms with Crippen LogP contribution in [0.2, 0.25) is 0 Å². The van der Waals surface area contributed by atoms with E-state index in [4.69, 9.17) is 5.73 Å². The van der Waals surface area contributed by atoms with Gasteiger partial charge < -0.3 is 11.1 Å². The van der Waals surface area contributed by atoms with Crippen LogP contribution in [0.3, 0.4) is 0 Å². The zero-order valence-electron chi connectivity index (χ0n) is 12.1. The molecule has 1 aromatic rings. The number of hydrogen-bond donors (Lipinski definition) is 2. The maximum atomic E-state index is 5.91. The van der Waals surface area contributed by atoms with Crippen molar-refractivity contribution in [2.75, 3.05) is 13.1 Å². The van der Waals surface area contributed by atoms with E-state index in [1.54, 1.807) is 0 Å². The van der Waals surface area contributed by atoms with Gasteiger partial charge in [0.05, 0.1) is 0 Å². The summed E-state index contributed by atoms with van der Waals surface area (Å²) in [6, 6.07) is 4.73. The van der Waals surface area contributed by atoms with Crippen LogP contribution in [0, 0.1) is 20.8 Å². The maximum Gasteiger partial charge on any atom is 0.0449 e. The van der Waals surface area contributed by atoms with Crippen molar-refractivity contribution in [3.8, 4) is 0 Å². The molecule has 0 radical (unpaired) electrons. The monoisotopic (exact) mass is 246 g/mol. The van der Waals surface area contributed by atoms with Crippen LogP contribution in [0.15, 0.2) is 24.3 Å². The minimum Gasteiger partial charge on any atom is -0.329 e. The van der Waals surface area contributed by atoms with Crippen LogP contribution in [0.4, 0.5) is 0 Å². The Hall–Kier alpha value is -1.12. The zero-order chi connectivity index (χ0) is 13.5. The second-order valence-electron chi connectivity index (χ2n) is 4.91. The smallest absolute Gasteiger partial charge is 0.0449 e. The van der Waals surface area contributed by atoms with Gasteiger partial charge in [-0.05, 0) is 57.4 Å². The van der Waals surface area contributed by atoms with Crippen molar-refractivity contribution >= 4 is 0 Å². The largest absolute Gasteiger partial charge is 0.329 e. The van der Waals surface area contributed by atoms with Crippen LogP contribution in [0.5, 0.6) is 0 Å². The van der Waals surface area contributed by atoms with Gasteiger partial charge in [0.25, 0.3) is 0 Å². The van der Waals surface area contributed by atoms with Gasteiger partial charge >= 0.3 is 0 Å². The lowest BCUT2D eigenvalue weighted by atomic mass is 9.94. The molecule has 100 valence electrons. The molecule has 0 aliphatic carbocycles. The third kappa shape index (κ3) is 3.97. The average molecular weight is 246 g/mol. The standard InChI is InChI=1S/C16H26N2/c1-5-6-7-8-18-15(11-17)16-13(3)9-12(2)10-14(16)4/h5-6,9-10,15,18H,7-8,11,17H2,1-4H3/b6-5+. The Labute approximate surface area is 111 Å². The summed E-state index contributed by atoms with van der Waals surface area (Å²) in [7, 11) is 0. The van der Waals surface area contributed by atoms with Crippen LogP contribution >= 0.6 is 0 Å². The Kier molecular flexibility index (Phi) is 6.10. The number of benzene rings is 1. The number of nitrogens with two attached hydrogens (primary N) is 1. The molecule has 1 atom stereocenters. The van der Waals surface area contributed by atoms with E-state index in [0.29, 0.717) is 6.54 Å². The Balaban J connectivity index is 2.81. The summed E-state index contributed by atoms with van der Waals surface area (Å²) in [6.45, 7) is 10.1. The minimum absolute atomic E-state index is 0.260. The fourth-order valence-electron chi connectivity index (χ4n) is 2.55. The lowest BCUT2D eigenvalue weighted by molar-refractivity contribution is 0.543. The molecule has 1 aromatic carbocycles. The fourth-order valence-corrected chi connectivity index (χ4v) is 2.55. The Morgan fingerprint density at radius 2 is 1.83 bits per heavy atom. The highest BCUT2D eigenvalue weighted by Gasteiger charge is 2.14. The van der Waals surface area contributed by atoms with Crippen molar-refractivity contribution in [2.24, 2.45) is 5.73 Å². The Morgan fingerprint density at radius 3 is 2.33 bits per heavy atom. The van der Waals surface area contributed by atoms with E-state index in [0.717, 1.165) is 13.0 Å². The molecule has 18 heavy (non-hydrogen) atoms. The summed E-state index contributed by atoms with van der Waals surface area (Å²) in [4.78, 5) is 0. The summed E-state index contributed by atoms with van der Waals surface area (Å²) in [5.41, 5.74) is 11.3. The molecular weight excluding hydrogens is 220 g/mol. The number of nitrogens with one attached hydrogen (secondary N) is 1. The van der Waals surface area contributed by atoms with E-state index in [1.165, 1.54) is 22.3 Å². The molecule has 2 nitrogen and oxygen atoms in total. The van der Waals surface area contributed by atoms with Crippen LogP contribution < -0.4 is 11.1 Å². The molecule has 0 fully saturated rings. The second-order valence-corrected chi connectivity index (χ2v) is 4.91. The highest BCUT2D eigenvalue weighted by Crippen LogP contribution is 2.23. The highest BCUT2D eigenvalue weighted by molar-refractivity contribution is 5.39. The van der Waals surface area contributed by atoms with Gasteiger partial charge in [-0.3, -0.25) is 0 Å². The molecule has 0 saturated carbocycles. The van der Waals surface area contributed by atoms with E-state index < -0.39 is 0 Å². The van der Waals surface area contributed by atoms with Gasteiger partial charge in [-0.25, -0.2) is 0 Å². The van der Waals surface area contributed by atoms with Gasteiger partial charge in [0.2, 0.25) is 0 Å². The Morgan fingerprint density at radius 1 is 1.22 bits per heavy atom. The maximum absolute atomic E-state index is 5.91. The third-order valence-electron chi connectivity index (χ3n) is 3.26. The normalized spacial score (nSPS) is 13.2. The molecule has 0 spiro atoms. The fraction of sp³-hybridized carbons (Fsp3) is 0.500. The van der Waals surface area contributed by atoms with Gasteiger partial charge in [0.15, 0.2) is 0 Å². The third-order valence-corrected chi connectivity index (χ3v) is 3.26. The van der Waals surface area contributed by atoms with E-state index in [2.05, 4.69) is 57.3 Å². The molecule has 1 rings (SSSR count). The van der Waals surface area contributed by atoms with E-state index in [9.17, 15) is 0 Å². The molecular formula is C16H26N2. The van der Waals surface area contributed by atoms with Gasteiger partial charge in [-0.15, -0.1) is 0 Å². The van der Waals surface area contributed by atoms with Crippen LogP contribution in [0.25, 0.3) is 0 Å². The highest BCUT2D eigenvalue weighted by atomic mass is 14.9. The zero-order valence-corrected chi connectivity index (χ0v) is 12.1. The Bertz CT molecular complexity index is 385. The molecule has 0 bridgehead atoms. The van der Waals surface area contributed by atoms with Crippen molar-refractivity contribution in [1.82, 2.24) is 5.32 Å². The van der Waals surface area contributed by atoms with Crippen molar-refractivity contribution in [3.05, 3.63) is 46.5 Å². The minimum atomic E-state index is 0.260. The lowest BCUT2D eigenvalue weighted by Gasteiger charge is -2.22. The SMILES string of the molecule is C/C=C/CCNC(CN)c1c(C)cc(C)cc1C. The molecule has 0 aliphatic heterocycles. The van der Waals surface area contributed by atoms with Crippen molar-refractivity contribution < 1.29 is 0 Å². The first-order valence-electron chi connectivity index (χ1n) is 6.72. The van der Waals surface area contributed by atoms with E-state index in [-0.39, 0.29) is 6.04 Å². The summed E-state index contributed by atoms with van der Waals surface area (Å²) < 4.78 is 0. The quantitative estimate of drug-likeness (QED) is 0.597. The first kappa shape index (κ1) is 14.9. The van der Waals surface area contributed by atoms with Crippen molar-refractivity contribution in [1.29, 1.82) is 0 Å². The summed E-state index contributed by atoms with van der Waals surface area (Å²) in [5.74, 6) is 0. The van der Waals surface area contributed by atoms with Crippen LogP contribution in [0.1, 0.15) is 41.6 Å². The molecule has 0 aliphatic rings. The van der Waals surface area contributed by atoms with E-state index in [1.807, 2.05) is 0 Å².